The number of halogens is 2. The first kappa shape index (κ1) is 17.0. The molecule has 1 heterocycles. The molecule has 122 valence electrons. The summed E-state index contributed by atoms with van der Waals surface area (Å²) in [6.45, 7) is 0.672. The fourth-order valence-corrected chi connectivity index (χ4v) is 2.74. The number of hydrogen-bond donors (Lipinski definition) is 2. The fraction of sp³-hybridized carbons (Fsp3) is 0.0588. The first-order chi connectivity index (χ1) is 11.6. The minimum absolute atomic E-state index is 0.517. The van der Waals surface area contributed by atoms with Crippen molar-refractivity contribution in [2.45, 2.75) is 6.54 Å². The summed E-state index contributed by atoms with van der Waals surface area (Å²) in [5.41, 5.74) is 2.88. The summed E-state index contributed by atoms with van der Waals surface area (Å²) in [7, 11) is 0. The standard InChI is InChI=1S/C17H14BrClN4S/c18-13-3-7-15(8-4-13)21-17(24)22-16-9-20-23(11-16)10-12-1-5-14(19)6-2-12/h1-9,11H,10H2,(H2,21,22,24). The molecule has 0 aliphatic rings. The van der Waals surface area contributed by atoms with Gasteiger partial charge in [-0.3, -0.25) is 4.68 Å². The molecule has 0 unspecified atom stereocenters. The van der Waals surface area contributed by atoms with Gasteiger partial charge in [-0.1, -0.05) is 39.7 Å². The van der Waals surface area contributed by atoms with Crippen LogP contribution in [0.2, 0.25) is 5.02 Å². The normalized spacial score (nSPS) is 10.4. The maximum Gasteiger partial charge on any atom is 0.175 e. The number of nitrogens with one attached hydrogen (secondary N) is 2. The van der Waals surface area contributed by atoms with E-state index in [0.29, 0.717) is 11.7 Å². The Kier molecular flexibility index (Phi) is 5.50. The van der Waals surface area contributed by atoms with E-state index in [-0.39, 0.29) is 0 Å². The maximum atomic E-state index is 5.89. The van der Waals surface area contributed by atoms with Crippen molar-refractivity contribution in [2.75, 3.05) is 10.6 Å². The number of benzene rings is 2. The topological polar surface area (TPSA) is 41.9 Å². The Balaban J connectivity index is 1.58. The lowest BCUT2D eigenvalue weighted by Crippen LogP contribution is -2.18. The van der Waals surface area contributed by atoms with Crippen LogP contribution in [0.5, 0.6) is 0 Å². The van der Waals surface area contributed by atoms with Crippen LogP contribution in [0, 0.1) is 0 Å². The predicted molar refractivity (Wildman–Crippen MR) is 107 cm³/mol. The molecule has 3 aromatic rings. The molecule has 7 heteroatoms. The van der Waals surface area contributed by atoms with E-state index >= 15 is 0 Å². The third kappa shape index (κ3) is 4.80. The summed E-state index contributed by atoms with van der Waals surface area (Å²) in [6, 6.07) is 15.5. The zero-order valence-corrected chi connectivity index (χ0v) is 15.7. The molecule has 24 heavy (non-hydrogen) atoms. The van der Waals surface area contributed by atoms with Crippen LogP contribution in [0.25, 0.3) is 0 Å². The number of thiocarbonyl (C=S) groups is 1. The summed E-state index contributed by atoms with van der Waals surface area (Å²) in [5, 5.41) is 11.8. The minimum Gasteiger partial charge on any atom is -0.332 e. The zero-order chi connectivity index (χ0) is 16.9. The van der Waals surface area contributed by atoms with E-state index in [2.05, 4.69) is 31.7 Å². The van der Waals surface area contributed by atoms with Gasteiger partial charge in [-0.05, 0) is 54.2 Å². The van der Waals surface area contributed by atoms with Gasteiger partial charge in [0.15, 0.2) is 5.11 Å². The van der Waals surface area contributed by atoms with Gasteiger partial charge in [0.1, 0.15) is 0 Å². The molecule has 4 nitrogen and oxygen atoms in total. The van der Waals surface area contributed by atoms with Crippen LogP contribution >= 0.6 is 39.7 Å². The lowest BCUT2D eigenvalue weighted by Gasteiger charge is -2.08. The lowest BCUT2D eigenvalue weighted by molar-refractivity contribution is 0.687. The summed E-state index contributed by atoms with van der Waals surface area (Å²) < 4.78 is 2.86. The molecule has 0 saturated carbocycles. The molecule has 3 rings (SSSR count). The number of aromatic nitrogens is 2. The van der Waals surface area contributed by atoms with Crippen molar-refractivity contribution in [2.24, 2.45) is 0 Å². The van der Waals surface area contributed by atoms with Crippen LogP contribution in [-0.2, 0) is 6.54 Å². The van der Waals surface area contributed by atoms with Gasteiger partial charge in [-0.15, -0.1) is 0 Å². The Bertz CT molecular complexity index is 831. The van der Waals surface area contributed by atoms with Crippen LogP contribution < -0.4 is 10.6 Å². The van der Waals surface area contributed by atoms with Crippen LogP contribution in [0.3, 0.4) is 0 Å². The molecule has 0 aliphatic heterocycles. The second-order valence-electron chi connectivity index (χ2n) is 5.14. The van der Waals surface area contributed by atoms with Gasteiger partial charge in [0.25, 0.3) is 0 Å². The van der Waals surface area contributed by atoms with Gasteiger partial charge >= 0.3 is 0 Å². The van der Waals surface area contributed by atoms with E-state index < -0.39 is 0 Å². The van der Waals surface area contributed by atoms with Crippen molar-refractivity contribution >= 4 is 56.2 Å². The molecule has 0 bridgehead atoms. The Morgan fingerprint density at radius 3 is 2.42 bits per heavy atom. The van der Waals surface area contributed by atoms with E-state index in [1.165, 1.54) is 0 Å². The summed E-state index contributed by atoms with van der Waals surface area (Å²) in [5.74, 6) is 0. The Morgan fingerprint density at radius 2 is 1.71 bits per heavy atom. The van der Waals surface area contributed by atoms with Crippen LogP contribution in [0.15, 0.2) is 65.4 Å². The largest absolute Gasteiger partial charge is 0.332 e. The second kappa shape index (κ2) is 7.79. The molecule has 0 fully saturated rings. The monoisotopic (exact) mass is 420 g/mol. The first-order valence-corrected chi connectivity index (χ1v) is 8.77. The molecule has 0 amide bonds. The minimum atomic E-state index is 0.517. The summed E-state index contributed by atoms with van der Waals surface area (Å²) in [4.78, 5) is 0. The van der Waals surface area contributed by atoms with Crippen LogP contribution in [-0.4, -0.2) is 14.9 Å². The van der Waals surface area contributed by atoms with Gasteiger partial charge in [0, 0.05) is 21.4 Å². The summed E-state index contributed by atoms with van der Waals surface area (Å²) in [6.07, 6.45) is 3.65. The molecular formula is C17H14BrClN4S. The van der Waals surface area contributed by atoms with Crippen molar-refractivity contribution in [1.82, 2.24) is 9.78 Å². The highest BCUT2D eigenvalue weighted by Crippen LogP contribution is 2.15. The number of hydrogen-bond acceptors (Lipinski definition) is 2. The molecular weight excluding hydrogens is 408 g/mol. The van der Waals surface area contributed by atoms with E-state index in [1.807, 2.05) is 59.4 Å². The molecule has 0 saturated heterocycles. The number of rotatable bonds is 4. The van der Waals surface area contributed by atoms with Crippen molar-refractivity contribution in [3.05, 3.63) is 76.0 Å². The smallest absolute Gasteiger partial charge is 0.175 e. The maximum absolute atomic E-state index is 5.89. The van der Waals surface area contributed by atoms with Crippen molar-refractivity contribution in [3.63, 3.8) is 0 Å². The summed E-state index contributed by atoms with van der Waals surface area (Å²) >= 11 is 14.6. The lowest BCUT2D eigenvalue weighted by atomic mass is 10.2. The Labute approximate surface area is 159 Å². The Hall–Kier alpha value is -1.89. The Morgan fingerprint density at radius 1 is 1.04 bits per heavy atom. The highest BCUT2D eigenvalue weighted by molar-refractivity contribution is 9.10. The molecule has 2 aromatic carbocycles. The van der Waals surface area contributed by atoms with Crippen molar-refractivity contribution in [1.29, 1.82) is 0 Å². The van der Waals surface area contributed by atoms with Crippen molar-refractivity contribution in [3.8, 4) is 0 Å². The van der Waals surface area contributed by atoms with Crippen LogP contribution in [0.1, 0.15) is 5.56 Å². The zero-order valence-electron chi connectivity index (χ0n) is 12.5. The van der Waals surface area contributed by atoms with Gasteiger partial charge in [-0.2, -0.15) is 5.10 Å². The van der Waals surface area contributed by atoms with Crippen molar-refractivity contribution < 1.29 is 0 Å². The molecule has 0 atom stereocenters. The highest BCUT2D eigenvalue weighted by atomic mass is 79.9. The number of anilines is 2. The van der Waals surface area contributed by atoms with Gasteiger partial charge in [0.2, 0.25) is 0 Å². The average molecular weight is 422 g/mol. The van der Waals surface area contributed by atoms with Gasteiger partial charge in [0.05, 0.1) is 18.4 Å². The first-order valence-electron chi connectivity index (χ1n) is 7.19. The van der Waals surface area contributed by atoms with E-state index in [0.717, 1.165) is 26.4 Å². The molecule has 0 spiro atoms. The van der Waals surface area contributed by atoms with Gasteiger partial charge in [-0.25, -0.2) is 0 Å². The van der Waals surface area contributed by atoms with Gasteiger partial charge < -0.3 is 10.6 Å². The molecule has 2 N–H and O–H groups in total. The average Bonchev–Trinajstić information content (AvgIpc) is 2.99. The van der Waals surface area contributed by atoms with E-state index in [4.69, 9.17) is 23.8 Å². The fourth-order valence-electron chi connectivity index (χ4n) is 2.12. The molecule has 0 aliphatic carbocycles. The second-order valence-corrected chi connectivity index (χ2v) is 6.90. The number of nitrogens with zero attached hydrogens (tertiary/aromatic N) is 2. The predicted octanol–water partition coefficient (Wildman–Crippen LogP) is 5.16. The third-order valence-electron chi connectivity index (χ3n) is 3.25. The highest BCUT2D eigenvalue weighted by Gasteiger charge is 2.03. The quantitative estimate of drug-likeness (QED) is 0.571. The molecule has 0 radical (unpaired) electrons. The molecule has 1 aromatic heterocycles. The SMILES string of the molecule is S=C(Nc1ccc(Br)cc1)Nc1cnn(Cc2ccc(Cl)cc2)c1. The van der Waals surface area contributed by atoms with Crippen LogP contribution in [0.4, 0.5) is 11.4 Å². The third-order valence-corrected chi connectivity index (χ3v) is 4.24. The van der Waals surface area contributed by atoms with E-state index in [1.54, 1.807) is 6.20 Å². The van der Waals surface area contributed by atoms with E-state index in [9.17, 15) is 0 Å².